The molecule has 2 aromatic carbocycles. The number of carbonyl (C=O) groups is 1. The van der Waals surface area contributed by atoms with E-state index in [1.54, 1.807) is 0 Å². The number of carbonyl (C=O) groups excluding carboxylic acids is 1. The van der Waals surface area contributed by atoms with Crippen LogP contribution in [0.5, 0.6) is 0 Å². The Balaban J connectivity index is 1.72. The van der Waals surface area contributed by atoms with Crippen molar-refractivity contribution in [3.8, 4) is 0 Å². The molecule has 0 bridgehead atoms. The van der Waals surface area contributed by atoms with Gasteiger partial charge in [0.1, 0.15) is 0 Å². The van der Waals surface area contributed by atoms with Crippen LogP contribution in [0.1, 0.15) is 17.5 Å². The molecule has 5 nitrogen and oxygen atoms in total. The Kier molecular flexibility index (Phi) is 5.61. The zero-order valence-electron chi connectivity index (χ0n) is 14.9. The molecule has 1 aliphatic heterocycles. The molecule has 1 fully saturated rings. The van der Waals surface area contributed by atoms with E-state index in [1.807, 2.05) is 60.4 Å². The number of benzene rings is 2. The first-order valence-electron chi connectivity index (χ1n) is 8.77. The summed E-state index contributed by atoms with van der Waals surface area (Å²) in [4.78, 5) is 14.5. The number of anilines is 1. The fourth-order valence-corrected chi connectivity index (χ4v) is 4.90. The van der Waals surface area contributed by atoms with Gasteiger partial charge in [0, 0.05) is 18.3 Å². The molecule has 138 valence electrons. The van der Waals surface area contributed by atoms with Gasteiger partial charge in [0.25, 0.3) is 0 Å². The van der Waals surface area contributed by atoms with Crippen LogP contribution in [0, 0.1) is 6.92 Å². The Morgan fingerprint density at radius 1 is 1.15 bits per heavy atom. The van der Waals surface area contributed by atoms with Crippen molar-refractivity contribution in [3.05, 3.63) is 65.7 Å². The Hall–Kier alpha value is -2.34. The lowest BCUT2D eigenvalue weighted by Crippen LogP contribution is -2.42. The van der Waals surface area contributed by atoms with Crippen molar-refractivity contribution in [3.63, 3.8) is 0 Å². The molecule has 26 heavy (non-hydrogen) atoms. The highest BCUT2D eigenvalue weighted by atomic mass is 32.2. The predicted molar refractivity (Wildman–Crippen MR) is 104 cm³/mol. The minimum atomic E-state index is -3.00. The van der Waals surface area contributed by atoms with Crippen molar-refractivity contribution in [2.24, 2.45) is 0 Å². The monoisotopic (exact) mass is 372 g/mol. The minimum absolute atomic E-state index is 0.0435. The second-order valence-corrected chi connectivity index (χ2v) is 9.08. The Morgan fingerprint density at radius 3 is 2.58 bits per heavy atom. The normalized spacial score (nSPS) is 18.4. The SMILES string of the molecule is Cc1cccc(N(CC(=O)NC2CCS(=O)(=O)C2)Cc2ccccc2)c1. The van der Waals surface area contributed by atoms with Crippen LogP contribution in [0.2, 0.25) is 0 Å². The van der Waals surface area contributed by atoms with Gasteiger partial charge in [0.2, 0.25) is 5.91 Å². The summed E-state index contributed by atoms with van der Waals surface area (Å²) in [6.07, 6.45) is 0.497. The van der Waals surface area contributed by atoms with E-state index in [1.165, 1.54) is 0 Å². The van der Waals surface area contributed by atoms with Crippen LogP contribution in [0.4, 0.5) is 5.69 Å². The van der Waals surface area contributed by atoms with Crippen molar-refractivity contribution in [2.45, 2.75) is 25.9 Å². The standard InChI is InChI=1S/C20H24N2O3S/c1-16-6-5-9-19(12-16)22(13-17-7-3-2-4-8-17)14-20(23)21-18-10-11-26(24,25)15-18/h2-9,12,18H,10-11,13-15H2,1H3,(H,21,23). The number of rotatable bonds is 6. The molecular weight excluding hydrogens is 348 g/mol. The van der Waals surface area contributed by atoms with E-state index in [2.05, 4.69) is 11.4 Å². The van der Waals surface area contributed by atoms with E-state index in [4.69, 9.17) is 0 Å². The van der Waals surface area contributed by atoms with Crippen molar-refractivity contribution in [1.29, 1.82) is 0 Å². The lowest BCUT2D eigenvalue weighted by molar-refractivity contribution is -0.120. The molecule has 3 rings (SSSR count). The summed E-state index contributed by atoms with van der Waals surface area (Å²) in [5, 5.41) is 2.88. The minimum Gasteiger partial charge on any atom is -0.358 e. The van der Waals surface area contributed by atoms with Gasteiger partial charge in [-0.3, -0.25) is 4.79 Å². The van der Waals surface area contributed by atoms with Crippen LogP contribution in [0.25, 0.3) is 0 Å². The topological polar surface area (TPSA) is 66.5 Å². The third-order valence-corrected chi connectivity index (χ3v) is 6.28. The highest BCUT2D eigenvalue weighted by Gasteiger charge is 2.29. The average molecular weight is 372 g/mol. The molecule has 1 heterocycles. The maximum Gasteiger partial charge on any atom is 0.239 e. The van der Waals surface area contributed by atoms with E-state index in [-0.39, 0.29) is 30.0 Å². The fourth-order valence-electron chi connectivity index (χ4n) is 3.22. The lowest BCUT2D eigenvalue weighted by Gasteiger charge is -2.25. The average Bonchev–Trinajstić information content (AvgIpc) is 2.93. The molecule has 1 aliphatic rings. The Morgan fingerprint density at radius 2 is 1.92 bits per heavy atom. The zero-order valence-corrected chi connectivity index (χ0v) is 15.7. The van der Waals surface area contributed by atoms with Crippen LogP contribution in [0.15, 0.2) is 54.6 Å². The summed E-state index contributed by atoms with van der Waals surface area (Å²) in [5.74, 6) is 0.0513. The van der Waals surface area contributed by atoms with E-state index in [0.717, 1.165) is 16.8 Å². The molecular formula is C20H24N2O3S. The number of hydrogen-bond acceptors (Lipinski definition) is 4. The Labute approximate surface area is 154 Å². The third kappa shape index (κ3) is 5.08. The van der Waals surface area contributed by atoms with E-state index in [0.29, 0.717) is 13.0 Å². The summed E-state index contributed by atoms with van der Waals surface area (Å²) in [7, 11) is -3.00. The number of sulfone groups is 1. The van der Waals surface area contributed by atoms with Crippen molar-refractivity contribution >= 4 is 21.4 Å². The first kappa shape index (κ1) is 18.5. The van der Waals surface area contributed by atoms with Gasteiger partial charge in [0.15, 0.2) is 9.84 Å². The number of nitrogens with one attached hydrogen (secondary N) is 1. The van der Waals surface area contributed by atoms with Crippen molar-refractivity contribution in [1.82, 2.24) is 5.32 Å². The maximum absolute atomic E-state index is 12.5. The van der Waals surface area contributed by atoms with Gasteiger partial charge in [0.05, 0.1) is 18.1 Å². The van der Waals surface area contributed by atoms with Crippen LogP contribution in [0.3, 0.4) is 0 Å². The Bertz CT molecular complexity index is 866. The van der Waals surface area contributed by atoms with Crippen LogP contribution >= 0.6 is 0 Å². The number of amides is 1. The zero-order chi connectivity index (χ0) is 18.6. The second kappa shape index (κ2) is 7.91. The van der Waals surface area contributed by atoms with Gasteiger partial charge in [-0.2, -0.15) is 0 Å². The molecule has 1 N–H and O–H groups in total. The highest BCUT2D eigenvalue weighted by Crippen LogP contribution is 2.19. The molecule has 2 aromatic rings. The molecule has 1 unspecified atom stereocenters. The summed E-state index contributed by atoms with van der Waals surface area (Å²) in [5.41, 5.74) is 3.22. The first-order chi connectivity index (χ1) is 12.4. The van der Waals surface area contributed by atoms with Crippen molar-refractivity contribution in [2.75, 3.05) is 23.0 Å². The summed E-state index contributed by atoms with van der Waals surface area (Å²) in [6.45, 7) is 2.82. The summed E-state index contributed by atoms with van der Waals surface area (Å²) in [6, 6.07) is 17.8. The van der Waals surface area contributed by atoms with Gasteiger partial charge in [-0.25, -0.2) is 8.42 Å². The van der Waals surface area contributed by atoms with Crippen LogP contribution < -0.4 is 10.2 Å². The molecule has 0 aliphatic carbocycles. The third-order valence-electron chi connectivity index (χ3n) is 4.52. The van der Waals surface area contributed by atoms with E-state index < -0.39 is 9.84 Å². The largest absolute Gasteiger partial charge is 0.358 e. The van der Waals surface area contributed by atoms with Gasteiger partial charge >= 0.3 is 0 Å². The number of aryl methyl sites for hydroxylation is 1. The quantitative estimate of drug-likeness (QED) is 0.845. The van der Waals surface area contributed by atoms with E-state index >= 15 is 0 Å². The van der Waals surface area contributed by atoms with E-state index in [9.17, 15) is 13.2 Å². The highest BCUT2D eigenvalue weighted by molar-refractivity contribution is 7.91. The smallest absolute Gasteiger partial charge is 0.239 e. The lowest BCUT2D eigenvalue weighted by atomic mass is 10.1. The molecule has 0 saturated carbocycles. The number of hydrogen-bond donors (Lipinski definition) is 1. The molecule has 6 heteroatoms. The number of nitrogens with zero attached hydrogens (tertiary/aromatic N) is 1. The van der Waals surface area contributed by atoms with Crippen LogP contribution in [-0.4, -0.2) is 38.4 Å². The fraction of sp³-hybridized carbons (Fsp3) is 0.350. The molecule has 1 amide bonds. The molecule has 0 spiro atoms. The van der Waals surface area contributed by atoms with Gasteiger partial charge in [-0.05, 0) is 36.6 Å². The first-order valence-corrected chi connectivity index (χ1v) is 10.6. The second-order valence-electron chi connectivity index (χ2n) is 6.85. The van der Waals surface area contributed by atoms with Gasteiger partial charge in [-0.1, -0.05) is 42.5 Å². The van der Waals surface area contributed by atoms with Crippen molar-refractivity contribution < 1.29 is 13.2 Å². The molecule has 1 saturated heterocycles. The maximum atomic E-state index is 12.5. The molecule has 0 aromatic heterocycles. The molecule has 1 atom stereocenters. The van der Waals surface area contributed by atoms with Gasteiger partial charge < -0.3 is 10.2 Å². The van der Waals surface area contributed by atoms with Crippen LogP contribution in [-0.2, 0) is 21.2 Å². The summed E-state index contributed by atoms with van der Waals surface area (Å²) >= 11 is 0. The summed E-state index contributed by atoms with van der Waals surface area (Å²) < 4.78 is 23.2. The van der Waals surface area contributed by atoms with Gasteiger partial charge in [-0.15, -0.1) is 0 Å². The molecule has 0 radical (unpaired) electrons. The predicted octanol–water partition coefficient (Wildman–Crippen LogP) is 2.30.